The number of rotatable bonds is 10. The number of carbonyl (C=O) groups is 2. The van der Waals surface area contributed by atoms with Crippen molar-refractivity contribution in [3.63, 3.8) is 0 Å². The number of methoxy groups -OCH3 is 1. The fraction of sp³-hybridized carbons (Fsp3) is 0.500. The molecule has 1 aliphatic carbocycles. The van der Waals surface area contributed by atoms with Crippen LogP contribution in [-0.2, 0) is 11.3 Å². The number of hydrogen-bond donors (Lipinski definition) is 2. The Morgan fingerprint density at radius 1 is 1.23 bits per heavy atom. The van der Waals surface area contributed by atoms with Gasteiger partial charge < -0.3 is 15.4 Å². The van der Waals surface area contributed by atoms with E-state index in [2.05, 4.69) is 15.6 Å². The molecule has 0 bridgehead atoms. The second-order valence-corrected chi connectivity index (χ2v) is 9.30. The fourth-order valence-corrected chi connectivity index (χ4v) is 5.31. The highest BCUT2D eigenvalue weighted by Crippen LogP contribution is 2.27. The summed E-state index contributed by atoms with van der Waals surface area (Å²) in [5.41, 5.74) is 2.94. The van der Waals surface area contributed by atoms with Crippen molar-refractivity contribution in [2.75, 3.05) is 18.6 Å². The van der Waals surface area contributed by atoms with Gasteiger partial charge in [-0.3, -0.25) is 9.59 Å². The molecule has 30 heavy (non-hydrogen) atoms. The lowest BCUT2D eigenvalue weighted by molar-refractivity contribution is -0.122. The number of ether oxygens (including phenoxy) is 1. The van der Waals surface area contributed by atoms with E-state index in [1.165, 1.54) is 43.4 Å². The molecular formula is C22H29N3O3S2. The van der Waals surface area contributed by atoms with E-state index in [1.54, 1.807) is 29.8 Å². The zero-order chi connectivity index (χ0) is 21.2. The molecule has 1 atom stereocenters. The maximum absolute atomic E-state index is 12.8. The summed E-state index contributed by atoms with van der Waals surface area (Å²) in [5.74, 6) is 2.61. The van der Waals surface area contributed by atoms with Crippen molar-refractivity contribution >= 4 is 34.9 Å². The predicted molar refractivity (Wildman–Crippen MR) is 122 cm³/mol. The molecule has 3 rings (SSSR count). The summed E-state index contributed by atoms with van der Waals surface area (Å²) in [6.07, 6.45) is 6.48. The van der Waals surface area contributed by atoms with Gasteiger partial charge in [-0.2, -0.15) is 11.8 Å². The smallest absolute Gasteiger partial charge is 0.271 e. The Kier molecular flexibility index (Phi) is 9.01. The summed E-state index contributed by atoms with van der Waals surface area (Å²) in [4.78, 5) is 29.4. The van der Waals surface area contributed by atoms with Crippen molar-refractivity contribution in [2.45, 2.75) is 44.7 Å². The highest BCUT2D eigenvalue weighted by Gasteiger charge is 2.23. The number of nitrogens with one attached hydrogen (secondary N) is 2. The average Bonchev–Trinajstić information content (AvgIpc) is 3.33. The lowest BCUT2D eigenvalue weighted by atomic mass is 9.91. The summed E-state index contributed by atoms with van der Waals surface area (Å²) < 4.78 is 5.16. The fourth-order valence-electron chi connectivity index (χ4n) is 3.50. The molecule has 0 aliphatic heterocycles. The van der Waals surface area contributed by atoms with Crippen molar-refractivity contribution in [3.05, 3.63) is 46.4 Å². The van der Waals surface area contributed by atoms with Crippen LogP contribution in [0, 0.1) is 5.92 Å². The largest absolute Gasteiger partial charge is 0.497 e. The highest BCUT2D eigenvalue weighted by molar-refractivity contribution is 7.99. The van der Waals surface area contributed by atoms with Crippen LogP contribution in [0.5, 0.6) is 5.75 Å². The second kappa shape index (κ2) is 12.0. The molecule has 162 valence electrons. The standard InChI is InChI=1S/C22H29N3O3S2/c1-28-18-9-7-16(8-10-18)11-23-21(26)20(25-22(27)19-13-30-15-24-19)14-29-12-17-5-3-2-4-6-17/h7-10,13,15,17,20H,2-6,11-12,14H2,1H3,(H,23,26)(H,25,27). The Balaban J connectivity index is 1.54. The van der Waals surface area contributed by atoms with Crippen molar-refractivity contribution in [3.8, 4) is 5.75 Å². The first-order valence-electron chi connectivity index (χ1n) is 10.3. The van der Waals surface area contributed by atoms with Crippen LogP contribution >= 0.6 is 23.1 Å². The van der Waals surface area contributed by atoms with Crippen LogP contribution in [0.3, 0.4) is 0 Å². The quantitative estimate of drug-likeness (QED) is 0.578. The van der Waals surface area contributed by atoms with Gasteiger partial charge in [-0.05, 0) is 42.2 Å². The van der Waals surface area contributed by atoms with Gasteiger partial charge in [0.05, 0.1) is 12.6 Å². The lowest BCUT2D eigenvalue weighted by Gasteiger charge is -2.23. The summed E-state index contributed by atoms with van der Waals surface area (Å²) >= 11 is 3.11. The number of nitrogens with zero attached hydrogens (tertiary/aromatic N) is 1. The van der Waals surface area contributed by atoms with Gasteiger partial charge in [0.25, 0.3) is 5.91 Å². The van der Waals surface area contributed by atoms with E-state index in [-0.39, 0.29) is 11.8 Å². The van der Waals surface area contributed by atoms with Crippen LogP contribution in [0.4, 0.5) is 0 Å². The Hall–Kier alpha value is -2.06. The minimum atomic E-state index is -0.592. The molecule has 1 saturated carbocycles. The SMILES string of the molecule is COc1ccc(CNC(=O)C(CSCC2CCCCC2)NC(=O)c2cscn2)cc1. The molecule has 8 heteroatoms. The third-order valence-electron chi connectivity index (χ3n) is 5.28. The van der Waals surface area contributed by atoms with Gasteiger partial charge in [0.1, 0.15) is 17.5 Å². The molecule has 2 aromatic rings. The molecule has 2 amide bonds. The van der Waals surface area contributed by atoms with Gasteiger partial charge >= 0.3 is 0 Å². The highest BCUT2D eigenvalue weighted by atomic mass is 32.2. The number of thiazole rings is 1. The summed E-state index contributed by atoms with van der Waals surface area (Å²) in [6, 6.07) is 6.97. The minimum absolute atomic E-state index is 0.175. The van der Waals surface area contributed by atoms with E-state index in [9.17, 15) is 9.59 Å². The molecule has 1 unspecified atom stereocenters. The number of carbonyl (C=O) groups excluding carboxylic acids is 2. The summed E-state index contributed by atoms with van der Waals surface area (Å²) in [7, 11) is 1.62. The average molecular weight is 448 g/mol. The van der Waals surface area contributed by atoms with E-state index in [4.69, 9.17) is 4.74 Å². The zero-order valence-corrected chi connectivity index (χ0v) is 18.9. The lowest BCUT2D eigenvalue weighted by Crippen LogP contribution is -2.48. The molecule has 6 nitrogen and oxygen atoms in total. The minimum Gasteiger partial charge on any atom is -0.497 e. The number of thioether (sulfide) groups is 1. The third kappa shape index (κ3) is 7.02. The molecular weight excluding hydrogens is 418 g/mol. The Bertz CT molecular complexity index is 790. The molecule has 1 aliphatic rings. The molecule has 0 spiro atoms. The topological polar surface area (TPSA) is 80.3 Å². The summed E-state index contributed by atoms with van der Waals surface area (Å²) in [6.45, 7) is 0.402. The van der Waals surface area contributed by atoms with E-state index in [1.807, 2.05) is 24.3 Å². The van der Waals surface area contributed by atoms with E-state index < -0.39 is 6.04 Å². The van der Waals surface area contributed by atoms with Crippen LogP contribution in [0.1, 0.15) is 48.2 Å². The van der Waals surface area contributed by atoms with Crippen molar-refractivity contribution < 1.29 is 14.3 Å². The van der Waals surface area contributed by atoms with Gasteiger partial charge in [0.2, 0.25) is 5.91 Å². The van der Waals surface area contributed by atoms with Gasteiger partial charge in [-0.25, -0.2) is 4.98 Å². The second-order valence-electron chi connectivity index (χ2n) is 7.51. The number of benzene rings is 1. The van der Waals surface area contributed by atoms with Crippen LogP contribution in [0.25, 0.3) is 0 Å². The van der Waals surface area contributed by atoms with E-state index in [0.717, 1.165) is 23.0 Å². The molecule has 1 fully saturated rings. The number of hydrogen-bond acceptors (Lipinski definition) is 6. The van der Waals surface area contributed by atoms with Crippen molar-refractivity contribution in [1.82, 2.24) is 15.6 Å². The van der Waals surface area contributed by atoms with Gasteiger partial charge in [-0.1, -0.05) is 31.4 Å². The third-order valence-corrected chi connectivity index (χ3v) is 7.14. The van der Waals surface area contributed by atoms with E-state index >= 15 is 0 Å². The summed E-state index contributed by atoms with van der Waals surface area (Å²) in [5, 5.41) is 7.51. The first kappa shape index (κ1) is 22.6. The monoisotopic (exact) mass is 447 g/mol. The molecule has 2 N–H and O–H groups in total. The van der Waals surface area contributed by atoms with Gasteiger partial charge in [0.15, 0.2) is 0 Å². The molecule has 0 radical (unpaired) electrons. The van der Waals surface area contributed by atoms with Crippen molar-refractivity contribution in [1.29, 1.82) is 0 Å². The maximum atomic E-state index is 12.8. The molecule has 1 aromatic heterocycles. The van der Waals surface area contributed by atoms with Gasteiger partial charge in [0, 0.05) is 17.7 Å². The van der Waals surface area contributed by atoms with Crippen molar-refractivity contribution in [2.24, 2.45) is 5.92 Å². The van der Waals surface area contributed by atoms with Crippen LogP contribution in [0.2, 0.25) is 0 Å². The predicted octanol–water partition coefficient (Wildman–Crippen LogP) is 3.88. The Labute approximate surface area is 186 Å². The molecule has 0 saturated heterocycles. The van der Waals surface area contributed by atoms with E-state index in [0.29, 0.717) is 18.0 Å². The zero-order valence-electron chi connectivity index (χ0n) is 17.3. The number of amides is 2. The normalized spacial score (nSPS) is 15.4. The first-order chi connectivity index (χ1) is 14.7. The Morgan fingerprint density at radius 3 is 2.67 bits per heavy atom. The number of aromatic nitrogens is 1. The van der Waals surface area contributed by atoms with Gasteiger partial charge in [-0.15, -0.1) is 11.3 Å². The Morgan fingerprint density at radius 2 is 2.00 bits per heavy atom. The van der Waals surface area contributed by atoms with Crippen LogP contribution in [0.15, 0.2) is 35.2 Å². The van der Waals surface area contributed by atoms with Crippen LogP contribution in [-0.4, -0.2) is 41.5 Å². The maximum Gasteiger partial charge on any atom is 0.271 e. The molecule has 1 heterocycles. The molecule has 1 aromatic carbocycles. The first-order valence-corrected chi connectivity index (χ1v) is 12.4. The van der Waals surface area contributed by atoms with Crippen LogP contribution < -0.4 is 15.4 Å².